The van der Waals surface area contributed by atoms with Crippen LogP contribution in [0.25, 0.3) is 0 Å². The molecule has 0 aromatic heterocycles. The summed E-state index contributed by atoms with van der Waals surface area (Å²) in [6.07, 6.45) is 0.511. The highest BCUT2D eigenvalue weighted by Crippen LogP contribution is 2.19. The minimum atomic E-state index is -2.50. The van der Waals surface area contributed by atoms with Crippen LogP contribution in [0.2, 0.25) is 0 Å². The molecule has 50 valence electrons. The third-order valence-electron chi connectivity index (χ3n) is 0.757. The first kappa shape index (κ1) is 8.50. The minimum absolute atomic E-state index is 0.511. The summed E-state index contributed by atoms with van der Waals surface area (Å²) in [5.74, 6) is 0.00972. The Morgan fingerprint density at radius 2 is 2.38 bits per heavy atom. The lowest BCUT2D eigenvalue weighted by Gasteiger charge is -2.02. The van der Waals surface area contributed by atoms with E-state index >= 15 is 0 Å². The van der Waals surface area contributed by atoms with Crippen molar-refractivity contribution < 1.29 is 9.46 Å². The molecule has 0 fully saturated rings. The lowest BCUT2D eigenvalue weighted by molar-refractivity contribution is 0.488. The standard InChI is InChI=1S/C3H10NO2PS/c4-3(1-2-8)7(5)6/h3,7-8H,1-2,4H2,(H,5,6). The normalized spacial score (nSPS) is 17.9. The van der Waals surface area contributed by atoms with Gasteiger partial charge in [-0.3, -0.25) is 4.57 Å². The Morgan fingerprint density at radius 1 is 1.88 bits per heavy atom. The maximum Gasteiger partial charge on any atom is 0.205 e. The van der Waals surface area contributed by atoms with Crippen molar-refractivity contribution in [3.05, 3.63) is 0 Å². The van der Waals surface area contributed by atoms with E-state index < -0.39 is 13.8 Å². The summed E-state index contributed by atoms with van der Waals surface area (Å²) in [5, 5.41) is 0. The summed E-state index contributed by atoms with van der Waals surface area (Å²) in [4.78, 5) is 8.34. The van der Waals surface area contributed by atoms with Crippen LogP contribution >= 0.6 is 20.7 Å². The highest BCUT2D eigenvalue weighted by molar-refractivity contribution is 7.80. The zero-order valence-electron chi connectivity index (χ0n) is 4.37. The molecule has 3 nitrogen and oxygen atoms in total. The van der Waals surface area contributed by atoms with E-state index in [1.54, 1.807) is 0 Å². The Hall–Kier alpha value is 0.500. The van der Waals surface area contributed by atoms with Gasteiger partial charge in [0.05, 0.1) is 5.78 Å². The highest BCUT2D eigenvalue weighted by atomic mass is 32.1. The third-order valence-corrected chi connectivity index (χ3v) is 1.94. The summed E-state index contributed by atoms with van der Waals surface area (Å²) in [6.45, 7) is 0. The molecule has 2 atom stereocenters. The third kappa shape index (κ3) is 3.50. The summed E-state index contributed by atoms with van der Waals surface area (Å²) < 4.78 is 10.1. The van der Waals surface area contributed by atoms with E-state index in [1.165, 1.54) is 0 Å². The van der Waals surface area contributed by atoms with Gasteiger partial charge in [-0.15, -0.1) is 0 Å². The summed E-state index contributed by atoms with van der Waals surface area (Å²) in [7, 11) is -2.50. The number of thiol groups is 1. The fourth-order valence-corrected chi connectivity index (χ4v) is 1.17. The van der Waals surface area contributed by atoms with Crippen molar-refractivity contribution >= 4 is 20.7 Å². The first-order valence-electron chi connectivity index (χ1n) is 2.27. The molecule has 0 aliphatic carbocycles. The molecule has 0 saturated heterocycles. The Balaban J connectivity index is 3.32. The van der Waals surface area contributed by atoms with Gasteiger partial charge >= 0.3 is 0 Å². The van der Waals surface area contributed by atoms with Crippen LogP contribution in [0.5, 0.6) is 0 Å². The number of nitrogens with two attached hydrogens (primary N) is 1. The van der Waals surface area contributed by atoms with E-state index in [2.05, 4.69) is 12.6 Å². The molecule has 3 N–H and O–H groups in total. The highest BCUT2D eigenvalue weighted by Gasteiger charge is 2.04. The SMILES string of the molecule is NC(CCS)[PH](=O)O. The summed E-state index contributed by atoms with van der Waals surface area (Å²) >= 11 is 3.84. The van der Waals surface area contributed by atoms with E-state index in [4.69, 9.17) is 10.6 Å². The van der Waals surface area contributed by atoms with Gasteiger partial charge in [0.25, 0.3) is 0 Å². The average molecular weight is 155 g/mol. The Bertz CT molecular complexity index is 89.4. The van der Waals surface area contributed by atoms with Gasteiger partial charge < -0.3 is 10.6 Å². The molecule has 0 radical (unpaired) electrons. The van der Waals surface area contributed by atoms with Gasteiger partial charge in [0.2, 0.25) is 8.03 Å². The maximum absolute atomic E-state index is 10.1. The van der Waals surface area contributed by atoms with E-state index in [9.17, 15) is 4.57 Å². The number of rotatable bonds is 3. The van der Waals surface area contributed by atoms with Crippen LogP contribution < -0.4 is 5.73 Å². The fraction of sp³-hybridized carbons (Fsp3) is 1.00. The van der Waals surface area contributed by atoms with E-state index in [1.807, 2.05) is 0 Å². The van der Waals surface area contributed by atoms with E-state index in [0.29, 0.717) is 12.2 Å². The predicted molar refractivity (Wildman–Crippen MR) is 37.7 cm³/mol. The van der Waals surface area contributed by atoms with Crippen LogP contribution in [0.1, 0.15) is 6.42 Å². The molecule has 2 unspecified atom stereocenters. The zero-order valence-corrected chi connectivity index (χ0v) is 6.27. The molecule has 0 aromatic rings. The van der Waals surface area contributed by atoms with Gasteiger partial charge in [-0.25, -0.2) is 0 Å². The predicted octanol–water partition coefficient (Wildman–Crippen LogP) is 0.0581. The Kier molecular flexibility index (Phi) is 4.66. The molecule has 8 heavy (non-hydrogen) atoms. The van der Waals surface area contributed by atoms with Crippen LogP contribution in [-0.4, -0.2) is 16.4 Å². The molecular formula is C3H10NO2PS. The lowest BCUT2D eigenvalue weighted by Crippen LogP contribution is -2.14. The molecule has 0 saturated carbocycles. The van der Waals surface area contributed by atoms with Crippen LogP contribution in [0.4, 0.5) is 0 Å². The van der Waals surface area contributed by atoms with Crippen molar-refractivity contribution in [1.29, 1.82) is 0 Å². The van der Waals surface area contributed by atoms with Gasteiger partial charge in [-0.05, 0) is 12.2 Å². The second kappa shape index (κ2) is 4.39. The Morgan fingerprint density at radius 3 is 2.50 bits per heavy atom. The minimum Gasteiger partial charge on any atom is -0.345 e. The van der Waals surface area contributed by atoms with E-state index in [-0.39, 0.29) is 0 Å². The quantitative estimate of drug-likeness (QED) is 0.399. The van der Waals surface area contributed by atoms with Crippen molar-refractivity contribution in [2.24, 2.45) is 5.73 Å². The second-order valence-electron chi connectivity index (χ2n) is 1.46. The lowest BCUT2D eigenvalue weighted by atomic mass is 10.5. The van der Waals surface area contributed by atoms with Crippen LogP contribution in [0.15, 0.2) is 0 Å². The summed E-state index contributed by atoms with van der Waals surface area (Å²) in [6, 6.07) is 0. The van der Waals surface area contributed by atoms with Crippen molar-refractivity contribution in [1.82, 2.24) is 0 Å². The van der Waals surface area contributed by atoms with Crippen molar-refractivity contribution in [3.8, 4) is 0 Å². The largest absolute Gasteiger partial charge is 0.345 e. The van der Waals surface area contributed by atoms with E-state index in [0.717, 1.165) is 0 Å². The van der Waals surface area contributed by atoms with Crippen molar-refractivity contribution in [2.45, 2.75) is 12.2 Å². The molecular weight excluding hydrogens is 145 g/mol. The topological polar surface area (TPSA) is 63.3 Å². The first-order valence-corrected chi connectivity index (χ1v) is 4.34. The summed E-state index contributed by atoms with van der Waals surface area (Å²) in [5.41, 5.74) is 5.16. The zero-order chi connectivity index (χ0) is 6.57. The van der Waals surface area contributed by atoms with Crippen LogP contribution in [-0.2, 0) is 4.57 Å². The molecule has 0 spiro atoms. The maximum atomic E-state index is 10.1. The van der Waals surface area contributed by atoms with Gasteiger partial charge in [-0.2, -0.15) is 12.6 Å². The molecule has 0 amide bonds. The van der Waals surface area contributed by atoms with Gasteiger partial charge in [0.1, 0.15) is 0 Å². The first-order chi connectivity index (χ1) is 3.68. The van der Waals surface area contributed by atoms with Crippen molar-refractivity contribution in [3.63, 3.8) is 0 Å². The average Bonchev–Trinajstić information content (AvgIpc) is 1.67. The van der Waals surface area contributed by atoms with Gasteiger partial charge in [-0.1, -0.05) is 0 Å². The van der Waals surface area contributed by atoms with Crippen molar-refractivity contribution in [2.75, 3.05) is 5.75 Å². The van der Waals surface area contributed by atoms with Gasteiger partial charge in [0, 0.05) is 0 Å². The number of hydrogen-bond donors (Lipinski definition) is 3. The molecule has 0 rings (SSSR count). The molecule has 0 bridgehead atoms. The monoisotopic (exact) mass is 155 g/mol. The smallest absolute Gasteiger partial charge is 0.205 e. The molecule has 5 heteroatoms. The van der Waals surface area contributed by atoms with Crippen LogP contribution in [0, 0.1) is 0 Å². The molecule has 0 aromatic carbocycles. The fourth-order valence-electron chi connectivity index (χ4n) is 0.263. The number of hydrogen-bond acceptors (Lipinski definition) is 3. The molecule has 0 heterocycles. The molecule has 0 aliphatic rings. The molecule has 0 aliphatic heterocycles. The van der Waals surface area contributed by atoms with Gasteiger partial charge in [0.15, 0.2) is 0 Å². The van der Waals surface area contributed by atoms with Crippen LogP contribution in [0.3, 0.4) is 0 Å². The second-order valence-corrected chi connectivity index (χ2v) is 3.32. The Labute approximate surface area is 54.5 Å².